The predicted octanol–water partition coefficient (Wildman–Crippen LogP) is 4.93. The van der Waals surface area contributed by atoms with Crippen LogP contribution in [0.2, 0.25) is 5.15 Å². The minimum absolute atomic E-state index is 0.136. The van der Waals surface area contributed by atoms with Gasteiger partial charge in [0.1, 0.15) is 22.5 Å². The van der Waals surface area contributed by atoms with Crippen molar-refractivity contribution in [1.29, 1.82) is 0 Å². The van der Waals surface area contributed by atoms with Crippen LogP contribution in [0.4, 0.5) is 15.0 Å². The van der Waals surface area contributed by atoms with E-state index < -0.39 is 11.6 Å². The van der Waals surface area contributed by atoms with Crippen molar-refractivity contribution in [3.05, 3.63) is 52.9 Å². The number of nitrogens with one attached hydrogen (secondary N) is 2. The summed E-state index contributed by atoms with van der Waals surface area (Å²) >= 11 is 6.00. The van der Waals surface area contributed by atoms with E-state index in [1.54, 1.807) is 18.2 Å². The molecule has 1 aromatic heterocycles. The summed E-state index contributed by atoms with van der Waals surface area (Å²) < 4.78 is 18.3. The van der Waals surface area contributed by atoms with Gasteiger partial charge in [0.15, 0.2) is 0 Å². The lowest BCUT2D eigenvalue weighted by Crippen LogP contribution is -2.42. The fourth-order valence-electron chi connectivity index (χ4n) is 2.10. The highest BCUT2D eigenvalue weighted by atomic mass is 35.5. The topological polar surface area (TPSA) is 63.2 Å². The summed E-state index contributed by atoms with van der Waals surface area (Å²) in [7, 11) is 0. The van der Waals surface area contributed by atoms with Crippen molar-refractivity contribution in [2.45, 2.75) is 39.3 Å². The molecule has 0 spiro atoms. The van der Waals surface area contributed by atoms with E-state index in [1.807, 2.05) is 27.7 Å². The zero-order chi connectivity index (χ0) is 18.6. The van der Waals surface area contributed by atoms with Gasteiger partial charge in [0.25, 0.3) is 0 Å². The summed E-state index contributed by atoms with van der Waals surface area (Å²) in [6.45, 7) is 7.46. The van der Waals surface area contributed by atoms with Crippen molar-refractivity contribution >= 4 is 23.5 Å². The maximum atomic E-state index is 13.0. The van der Waals surface area contributed by atoms with Gasteiger partial charge in [0.05, 0.1) is 0 Å². The summed E-state index contributed by atoms with van der Waals surface area (Å²) in [4.78, 5) is 16.0. The minimum atomic E-state index is -0.577. The molecule has 5 nitrogen and oxygen atoms in total. The average Bonchev–Trinajstić information content (AvgIpc) is 2.44. The van der Waals surface area contributed by atoms with Crippen LogP contribution in [0.5, 0.6) is 5.75 Å². The first kappa shape index (κ1) is 19.0. The SMILES string of the molecule is CC(Nc1cc(OC(=O)NC(C)(C)C)cc(Cl)n1)c1ccc(F)cc1. The number of nitrogens with zero attached hydrogens (tertiary/aromatic N) is 1. The molecule has 0 radical (unpaired) electrons. The summed E-state index contributed by atoms with van der Waals surface area (Å²) in [5, 5.41) is 6.04. The third-order valence-electron chi connectivity index (χ3n) is 3.19. The quantitative estimate of drug-likeness (QED) is 0.754. The Hall–Kier alpha value is -2.34. The molecular weight excluding hydrogens is 345 g/mol. The van der Waals surface area contributed by atoms with Gasteiger partial charge in [-0.2, -0.15) is 0 Å². The molecule has 1 unspecified atom stereocenters. The minimum Gasteiger partial charge on any atom is -0.410 e. The molecule has 2 rings (SSSR count). The molecule has 2 N–H and O–H groups in total. The third-order valence-corrected chi connectivity index (χ3v) is 3.38. The van der Waals surface area contributed by atoms with Gasteiger partial charge in [-0.3, -0.25) is 0 Å². The van der Waals surface area contributed by atoms with Crippen LogP contribution in [-0.4, -0.2) is 16.6 Å². The standard InChI is InChI=1S/C18H21ClFN3O2/c1-11(12-5-7-13(20)8-6-12)21-16-10-14(9-15(19)22-16)25-17(24)23-18(2,3)4/h5-11H,1-4H3,(H,21,22)(H,23,24). The lowest BCUT2D eigenvalue weighted by Gasteiger charge is -2.20. The van der Waals surface area contributed by atoms with Crippen LogP contribution >= 0.6 is 11.6 Å². The Bertz CT molecular complexity index is 745. The van der Waals surface area contributed by atoms with E-state index in [2.05, 4.69) is 15.6 Å². The van der Waals surface area contributed by atoms with E-state index in [4.69, 9.17) is 16.3 Å². The molecule has 0 aliphatic rings. The molecule has 0 aliphatic heterocycles. The van der Waals surface area contributed by atoms with Crippen molar-refractivity contribution in [3.8, 4) is 5.75 Å². The third kappa shape index (κ3) is 6.23. The van der Waals surface area contributed by atoms with Gasteiger partial charge in [0.2, 0.25) is 0 Å². The number of rotatable bonds is 4. The van der Waals surface area contributed by atoms with Crippen molar-refractivity contribution in [1.82, 2.24) is 10.3 Å². The monoisotopic (exact) mass is 365 g/mol. The highest BCUT2D eigenvalue weighted by molar-refractivity contribution is 6.29. The largest absolute Gasteiger partial charge is 0.413 e. The second-order valence-corrected chi connectivity index (χ2v) is 7.08. The first-order valence-electron chi connectivity index (χ1n) is 7.82. The highest BCUT2D eigenvalue weighted by Crippen LogP contribution is 2.24. The predicted molar refractivity (Wildman–Crippen MR) is 96.6 cm³/mol. The molecule has 1 heterocycles. The zero-order valence-electron chi connectivity index (χ0n) is 14.6. The van der Waals surface area contributed by atoms with Crippen LogP contribution in [0.15, 0.2) is 36.4 Å². The Kier molecular flexibility index (Phi) is 5.85. The number of hydrogen-bond donors (Lipinski definition) is 2. The van der Waals surface area contributed by atoms with Crippen LogP contribution in [0.25, 0.3) is 0 Å². The number of halogens is 2. The van der Waals surface area contributed by atoms with Gasteiger partial charge in [0, 0.05) is 23.7 Å². The van der Waals surface area contributed by atoms with Gasteiger partial charge in [-0.1, -0.05) is 23.7 Å². The molecule has 0 fully saturated rings. The number of aromatic nitrogens is 1. The van der Waals surface area contributed by atoms with Crippen LogP contribution in [0, 0.1) is 5.82 Å². The van der Waals surface area contributed by atoms with Crippen molar-refractivity contribution in [3.63, 3.8) is 0 Å². The van der Waals surface area contributed by atoms with Crippen molar-refractivity contribution in [2.75, 3.05) is 5.32 Å². The molecule has 0 saturated heterocycles. The smallest absolute Gasteiger partial charge is 0.410 e. The van der Waals surface area contributed by atoms with Crippen molar-refractivity contribution < 1.29 is 13.9 Å². The van der Waals surface area contributed by atoms with Crippen LogP contribution in [0.1, 0.15) is 39.3 Å². The lowest BCUT2D eigenvalue weighted by molar-refractivity contribution is 0.190. The van der Waals surface area contributed by atoms with E-state index in [0.29, 0.717) is 5.82 Å². The van der Waals surface area contributed by atoms with E-state index >= 15 is 0 Å². The van der Waals surface area contributed by atoms with E-state index in [0.717, 1.165) is 5.56 Å². The lowest BCUT2D eigenvalue weighted by atomic mass is 10.1. The number of ether oxygens (including phenoxy) is 1. The number of anilines is 1. The fourth-order valence-corrected chi connectivity index (χ4v) is 2.30. The summed E-state index contributed by atoms with van der Waals surface area (Å²) in [6, 6.07) is 9.06. The van der Waals surface area contributed by atoms with Gasteiger partial charge in [-0.25, -0.2) is 14.2 Å². The zero-order valence-corrected chi connectivity index (χ0v) is 15.3. The first-order valence-corrected chi connectivity index (χ1v) is 8.20. The van der Waals surface area contributed by atoms with Gasteiger partial charge in [-0.15, -0.1) is 0 Å². The molecule has 134 valence electrons. The molecule has 1 aromatic carbocycles. The van der Waals surface area contributed by atoms with E-state index in [-0.39, 0.29) is 22.8 Å². The van der Waals surface area contributed by atoms with Gasteiger partial charge < -0.3 is 15.4 Å². The maximum Gasteiger partial charge on any atom is 0.413 e. The second-order valence-electron chi connectivity index (χ2n) is 6.69. The number of carbonyl (C=O) groups excluding carboxylic acids is 1. The maximum absolute atomic E-state index is 13.0. The molecule has 25 heavy (non-hydrogen) atoms. The fraction of sp³-hybridized carbons (Fsp3) is 0.333. The summed E-state index contributed by atoms with van der Waals surface area (Å²) in [5.41, 5.74) is 0.475. The Labute approximate surface area is 151 Å². The summed E-state index contributed by atoms with van der Waals surface area (Å²) in [6.07, 6.45) is -0.577. The highest BCUT2D eigenvalue weighted by Gasteiger charge is 2.16. The average molecular weight is 366 g/mol. The van der Waals surface area contributed by atoms with Crippen LogP contribution in [0.3, 0.4) is 0 Å². The molecular formula is C18H21ClFN3O2. The van der Waals surface area contributed by atoms with E-state index in [1.165, 1.54) is 18.2 Å². The van der Waals surface area contributed by atoms with Crippen LogP contribution in [-0.2, 0) is 0 Å². The Balaban J connectivity index is 2.10. The number of benzene rings is 1. The summed E-state index contributed by atoms with van der Waals surface area (Å²) in [5.74, 6) is 0.427. The molecule has 0 aliphatic carbocycles. The number of hydrogen-bond acceptors (Lipinski definition) is 4. The van der Waals surface area contributed by atoms with Gasteiger partial charge >= 0.3 is 6.09 Å². The second kappa shape index (κ2) is 7.70. The molecule has 7 heteroatoms. The molecule has 2 aromatic rings. The van der Waals surface area contributed by atoms with Crippen LogP contribution < -0.4 is 15.4 Å². The van der Waals surface area contributed by atoms with Crippen molar-refractivity contribution in [2.24, 2.45) is 0 Å². The number of pyridine rings is 1. The molecule has 1 atom stereocenters. The molecule has 1 amide bonds. The molecule has 0 bridgehead atoms. The van der Waals surface area contributed by atoms with E-state index in [9.17, 15) is 9.18 Å². The first-order chi connectivity index (χ1) is 11.6. The molecule has 0 saturated carbocycles. The Morgan fingerprint density at radius 2 is 1.88 bits per heavy atom. The van der Waals surface area contributed by atoms with Gasteiger partial charge in [-0.05, 0) is 45.4 Å². The number of amides is 1. The number of carbonyl (C=O) groups is 1. The Morgan fingerprint density at radius 1 is 1.24 bits per heavy atom. The normalized spacial score (nSPS) is 12.4. The Morgan fingerprint density at radius 3 is 2.48 bits per heavy atom.